The molecule has 1 aliphatic carbocycles. The molecule has 1 N–H and O–H groups in total. The number of benzene rings is 1. The maximum Gasteiger partial charge on any atom is 0.243 e. The lowest BCUT2D eigenvalue weighted by atomic mass is 10.2. The number of hydrogen-bond donors (Lipinski definition) is 1. The van der Waals surface area contributed by atoms with Gasteiger partial charge in [-0.25, -0.2) is 8.42 Å². The molecular weight excluding hydrogens is 260 g/mol. The second-order valence-electron chi connectivity index (χ2n) is 5.09. The molecule has 1 aromatic rings. The van der Waals surface area contributed by atoms with Crippen LogP contribution in [0.1, 0.15) is 18.4 Å². The summed E-state index contributed by atoms with van der Waals surface area (Å²) in [4.78, 5) is 0.406. The van der Waals surface area contributed by atoms with E-state index in [0.29, 0.717) is 11.4 Å². The smallest absolute Gasteiger partial charge is 0.243 e. The number of rotatable bonds is 5. The average Bonchev–Trinajstić information content (AvgIpc) is 3.11. The van der Waals surface area contributed by atoms with Crippen LogP contribution >= 0.6 is 0 Å². The zero-order chi connectivity index (χ0) is 13.5. The molecule has 0 saturated heterocycles. The summed E-state index contributed by atoms with van der Waals surface area (Å²) in [6, 6.07) is 5.54. The van der Waals surface area contributed by atoms with Gasteiger partial charge in [0.05, 0.1) is 4.90 Å². The van der Waals surface area contributed by atoms with E-state index in [1.54, 1.807) is 16.4 Å². The molecular formula is C14H18N2O2S. The van der Waals surface area contributed by atoms with E-state index in [9.17, 15) is 8.42 Å². The number of fused-ring (bicyclic) bond motifs is 1. The molecule has 1 heterocycles. The van der Waals surface area contributed by atoms with Crippen molar-refractivity contribution < 1.29 is 8.42 Å². The second-order valence-corrected chi connectivity index (χ2v) is 6.98. The van der Waals surface area contributed by atoms with Crippen molar-refractivity contribution in [3.8, 4) is 0 Å². The van der Waals surface area contributed by atoms with Crippen LogP contribution < -0.4 is 5.32 Å². The van der Waals surface area contributed by atoms with E-state index in [-0.39, 0.29) is 6.04 Å². The normalized spacial score (nSPS) is 18.2. The summed E-state index contributed by atoms with van der Waals surface area (Å²) in [5.74, 6) is 0. The van der Waals surface area contributed by atoms with Crippen LogP contribution in [0.2, 0.25) is 0 Å². The van der Waals surface area contributed by atoms with Crippen LogP contribution in [0, 0.1) is 0 Å². The molecule has 1 aromatic carbocycles. The third-order valence-corrected chi connectivity index (χ3v) is 5.57. The first-order valence-corrected chi connectivity index (χ1v) is 8.06. The van der Waals surface area contributed by atoms with E-state index in [4.69, 9.17) is 0 Å². The van der Waals surface area contributed by atoms with Crippen LogP contribution in [0.3, 0.4) is 0 Å². The van der Waals surface area contributed by atoms with Gasteiger partial charge in [0.25, 0.3) is 0 Å². The highest BCUT2D eigenvalue weighted by Crippen LogP contribution is 2.33. The summed E-state index contributed by atoms with van der Waals surface area (Å²) in [6.07, 6.45) is 4.47. The molecule has 0 unspecified atom stereocenters. The van der Waals surface area contributed by atoms with Gasteiger partial charge in [-0.15, -0.1) is 6.58 Å². The Kier molecular flexibility index (Phi) is 3.11. The van der Waals surface area contributed by atoms with Gasteiger partial charge in [0.2, 0.25) is 10.0 Å². The van der Waals surface area contributed by atoms with Gasteiger partial charge < -0.3 is 5.32 Å². The van der Waals surface area contributed by atoms with Gasteiger partial charge in [0, 0.05) is 24.8 Å². The molecule has 0 spiro atoms. The van der Waals surface area contributed by atoms with Crippen LogP contribution in [0.5, 0.6) is 0 Å². The zero-order valence-corrected chi connectivity index (χ0v) is 11.6. The lowest BCUT2D eigenvalue weighted by Gasteiger charge is -2.20. The van der Waals surface area contributed by atoms with E-state index >= 15 is 0 Å². The highest BCUT2D eigenvalue weighted by molar-refractivity contribution is 7.89. The summed E-state index contributed by atoms with van der Waals surface area (Å²) in [7, 11) is -3.39. The maximum atomic E-state index is 12.7. The van der Waals surface area contributed by atoms with Crippen LogP contribution in [-0.4, -0.2) is 31.9 Å². The summed E-state index contributed by atoms with van der Waals surface area (Å²) in [5, 5.41) is 3.24. The highest BCUT2D eigenvalue weighted by atomic mass is 32.2. The lowest BCUT2D eigenvalue weighted by Crippen LogP contribution is -2.33. The Morgan fingerprint density at radius 1 is 1.42 bits per heavy atom. The topological polar surface area (TPSA) is 49.4 Å². The molecule has 0 aromatic heterocycles. The van der Waals surface area contributed by atoms with E-state index in [1.807, 2.05) is 12.1 Å². The Morgan fingerprint density at radius 2 is 2.21 bits per heavy atom. The van der Waals surface area contributed by atoms with Gasteiger partial charge in [-0.05, 0) is 43.0 Å². The molecule has 0 bridgehead atoms. The molecule has 0 radical (unpaired) electrons. The van der Waals surface area contributed by atoms with E-state index in [0.717, 1.165) is 37.1 Å². The fraction of sp³-hybridized carbons (Fsp3) is 0.429. The van der Waals surface area contributed by atoms with Gasteiger partial charge in [-0.3, -0.25) is 0 Å². The Balaban J connectivity index is 1.96. The molecule has 102 valence electrons. The van der Waals surface area contributed by atoms with Crippen LogP contribution in [-0.2, 0) is 16.4 Å². The van der Waals surface area contributed by atoms with Crippen molar-refractivity contribution in [1.82, 2.24) is 4.31 Å². The minimum atomic E-state index is -3.39. The third kappa shape index (κ3) is 2.28. The minimum absolute atomic E-state index is 0.161. The molecule has 1 fully saturated rings. The summed E-state index contributed by atoms with van der Waals surface area (Å²) in [6.45, 7) is 4.94. The van der Waals surface area contributed by atoms with Crippen molar-refractivity contribution in [2.45, 2.75) is 30.2 Å². The molecule has 5 heteroatoms. The molecule has 1 saturated carbocycles. The van der Waals surface area contributed by atoms with Crippen molar-refractivity contribution >= 4 is 15.7 Å². The number of nitrogens with one attached hydrogen (secondary N) is 1. The van der Waals surface area contributed by atoms with E-state index in [2.05, 4.69) is 11.9 Å². The Hall–Kier alpha value is -1.33. The van der Waals surface area contributed by atoms with Gasteiger partial charge in [0.1, 0.15) is 0 Å². The summed E-state index contributed by atoms with van der Waals surface area (Å²) >= 11 is 0. The molecule has 0 amide bonds. The highest BCUT2D eigenvalue weighted by Gasteiger charge is 2.37. The predicted molar refractivity (Wildman–Crippen MR) is 75.7 cm³/mol. The van der Waals surface area contributed by atoms with Crippen molar-refractivity contribution in [3.63, 3.8) is 0 Å². The zero-order valence-electron chi connectivity index (χ0n) is 10.8. The van der Waals surface area contributed by atoms with Gasteiger partial charge in [-0.2, -0.15) is 4.31 Å². The molecule has 4 nitrogen and oxygen atoms in total. The predicted octanol–water partition coefficient (Wildman–Crippen LogP) is 1.99. The number of anilines is 1. The monoisotopic (exact) mass is 278 g/mol. The van der Waals surface area contributed by atoms with Crippen molar-refractivity contribution in [3.05, 3.63) is 36.4 Å². The third-order valence-electron chi connectivity index (χ3n) is 3.66. The first-order valence-electron chi connectivity index (χ1n) is 6.62. The average molecular weight is 278 g/mol. The SMILES string of the molecule is C=CCN(C1CC1)S(=O)(=O)c1ccc2c(c1)CCN2. The first-order chi connectivity index (χ1) is 9.13. The molecule has 3 rings (SSSR count). The number of nitrogens with zero attached hydrogens (tertiary/aromatic N) is 1. The molecule has 0 atom stereocenters. The fourth-order valence-electron chi connectivity index (χ4n) is 2.51. The van der Waals surface area contributed by atoms with Gasteiger partial charge in [0.15, 0.2) is 0 Å². The summed E-state index contributed by atoms with van der Waals surface area (Å²) in [5.41, 5.74) is 2.15. The van der Waals surface area contributed by atoms with Crippen LogP contribution in [0.25, 0.3) is 0 Å². The van der Waals surface area contributed by atoms with E-state index in [1.165, 1.54) is 0 Å². The van der Waals surface area contributed by atoms with E-state index < -0.39 is 10.0 Å². The standard InChI is InChI=1S/C14H18N2O2S/c1-2-9-16(12-3-4-12)19(17,18)13-5-6-14-11(10-13)7-8-15-14/h2,5-6,10,12,15H,1,3-4,7-9H2. The molecule has 1 aliphatic heterocycles. The van der Waals surface area contributed by atoms with Crippen molar-refractivity contribution in [2.75, 3.05) is 18.4 Å². The van der Waals surface area contributed by atoms with Gasteiger partial charge >= 0.3 is 0 Å². The van der Waals surface area contributed by atoms with Crippen LogP contribution in [0.15, 0.2) is 35.7 Å². The molecule has 2 aliphatic rings. The quantitative estimate of drug-likeness (QED) is 0.838. The van der Waals surface area contributed by atoms with Crippen LogP contribution in [0.4, 0.5) is 5.69 Å². The Bertz CT molecular complexity index is 606. The number of sulfonamides is 1. The van der Waals surface area contributed by atoms with Crippen molar-refractivity contribution in [1.29, 1.82) is 0 Å². The molecule has 19 heavy (non-hydrogen) atoms. The maximum absolute atomic E-state index is 12.7. The number of hydrogen-bond acceptors (Lipinski definition) is 3. The lowest BCUT2D eigenvalue weighted by molar-refractivity contribution is 0.436. The fourth-order valence-corrected chi connectivity index (χ4v) is 4.22. The summed E-state index contributed by atoms with van der Waals surface area (Å²) < 4.78 is 26.9. The Labute approximate surface area is 114 Å². The largest absolute Gasteiger partial charge is 0.384 e. The second kappa shape index (κ2) is 4.65. The first kappa shape index (κ1) is 12.7. The van der Waals surface area contributed by atoms with Gasteiger partial charge in [-0.1, -0.05) is 6.08 Å². The Morgan fingerprint density at radius 3 is 2.89 bits per heavy atom. The minimum Gasteiger partial charge on any atom is -0.384 e. The van der Waals surface area contributed by atoms with Crippen molar-refractivity contribution in [2.24, 2.45) is 0 Å².